The van der Waals surface area contributed by atoms with E-state index in [1.165, 1.54) is 25.7 Å². The van der Waals surface area contributed by atoms with E-state index < -0.39 is 0 Å². The van der Waals surface area contributed by atoms with E-state index in [4.69, 9.17) is 4.74 Å². The molecule has 2 N–H and O–H groups in total. The van der Waals surface area contributed by atoms with E-state index in [1.807, 2.05) is 19.2 Å². The van der Waals surface area contributed by atoms with E-state index in [0.29, 0.717) is 17.8 Å². The number of nitrogens with zero attached hydrogens (tertiary/aromatic N) is 1. The number of nitrogens with one attached hydrogen (secondary N) is 1. The predicted octanol–water partition coefficient (Wildman–Crippen LogP) is 2.36. The highest BCUT2D eigenvalue weighted by atomic mass is 16.5. The molecular formula is C16H26N2O2. The maximum Gasteiger partial charge on any atom is 0.162 e. The lowest BCUT2D eigenvalue weighted by molar-refractivity contribution is 0.168. The molecule has 0 atom stereocenters. The van der Waals surface area contributed by atoms with E-state index in [9.17, 15) is 5.11 Å². The molecule has 0 amide bonds. The second-order valence-electron chi connectivity index (χ2n) is 5.68. The molecule has 0 spiro atoms. The number of hydrogen-bond acceptors (Lipinski definition) is 4. The third-order valence-electron chi connectivity index (χ3n) is 4.45. The average molecular weight is 278 g/mol. The van der Waals surface area contributed by atoms with Crippen LogP contribution < -0.4 is 10.1 Å². The molecule has 0 saturated heterocycles. The van der Waals surface area contributed by atoms with Crippen molar-refractivity contribution < 1.29 is 9.84 Å². The van der Waals surface area contributed by atoms with Crippen LogP contribution in [0.3, 0.4) is 0 Å². The number of phenols is 1. The number of ether oxygens (including phenoxy) is 1. The molecule has 0 bridgehead atoms. The number of hydrogen-bond donors (Lipinski definition) is 2. The zero-order chi connectivity index (χ0) is 14.5. The molecule has 1 aromatic carbocycles. The van der Waals surface area contributed by atoms with Gasteiger partial charge in [-0.3, -0.25) is 4.90 Å². The number of rotatable bonds is 5. The Hall–Kier alpha value is -1.26. The van der Waals surface area contributed by atoms with Crippen LogP contribution in [0.2, 0.25) is 0 Å². The lowest BCUT2D eigenvalue weighted by atomic mass is 9.90. The Kier molecular flexibility index (Phi) is 5.26. The van der Waals surface area contributed by atoms with Crippen LogP contribution in [-0.4, -0.2) is 43.3 Å². The zero-order valence-corrected chi connectivity index (χ0v) is 12.7. The summed E-state index contributed by atoms with van der Waals surface area (Å²) >= 11 is 0. The van der Waals surface area contributed by atoms with Crippen LogP contribution >= 0.6 is 0 Å². The molecule has 1 aliphatic carbocycles. The molecule has 0 aliphatic heterocycles. The van der Waals surface area contributed by atoms with E-state index in [1.54, 1.807) is 13.2 Å². The Labute approximate surface area is 121 Å². The molecule has 1 aliphatic rings. The smallest absolute Gasteiger partial charge is 0.162 e. The molecule has 112 valence electrons. The molecule has 2 rings (SSSR count). The molecule has 4 heteroatoms. The van der Waals surface area contributed by atoms with Gasteiger partial charge in [0.05, 0.1) is 7.11 Å². The maximum atomic E-state index is 10.2. The van der Waals surface area contributed by atoms with Gasteiger partial charge < -0.3 is 15.2 Å². The van der Waals surface area contributed by atoms with Crippen molar-refractivity contribution in [3.63, 3.8) is 0 Å². The largest absolute Gasteiger partial charge is 0.504 e. The van der Waals surface area contributed by atoms with Gasteiger partial charge in [-0.05, 0) is 45.8 Å². The Morgan fingerprint density at radius 1 is 1.30 bits per heavy atom. The second kappa shape index (κ2) is 6.95. The van der Waals surface area contributed by atoms with Crippen LogP contribution in [-0.2, 0) is 6.54 Å². The lowest BCUT2D eigenvalue weighted by Gasteiger charge is -2.34. The van der Waals surface area contributed by atoms with Crippen molar-refractivity contribution in [1.29, 1.82) is 0 Å². The van der Waals surface area contributed by atoms with E-state index in [0.717, 1.165) is 12.1 Å². The first kappa shape index (κ1) is 15.1. The van der Waals surface area contributed by atoms with Crippen LogP contribution in [0, 0.1) is 0 Å². The standard InChI is InChI=1S/C16H26N2O2/c1-17-13-7-9-14(10-8-13)18(2)11-12-5-4-6-15(20-3)16(12)19/h4-6,13-14,17,19H,7-11H2,1-3H3. The molecule has 1 saturated carbocycles. The SMILES string of the molecule is CNC1CCC(N(C)Cc2cccc(OC)c2O)CC1. The van der Waals surface area contributed by atoms with Gasteiger partial charge in [-0.2, -0.15) is 0 Å². The highest BCUT2D eigenvalue weighted by Crippen LogP contribution is 2.31. The predicted molar refractivity (Wildman–Crippen MR) is 81.2 cm³/mol. The Morgan fingerprint density at radius 2 is 2.00 bits per heavy atom. The first-order chi connectivity index (χ1) is 9.65. The summed E-state index contributed by atoms with van der Waals surface area (Å²) in [6, 6.07) is 6.96. The normalized spacial score (nSPS) is 23.0. The van der Waals surface area contributed by atoms with Gasteiger partial charge in [0, 0.05) is 24.2 Å². The maximum absolute atomic E-state index is 10.2. The number of phenolic OH excluding ortho intramolecular Hbond substituents is 1. The fraction of sp³-hybridized carbons (Fsp3) is 0.625. The van der Waals surface area contributed by atoms with Crippen LogP contribution in [0.4, 0.5) is 0 Å². The minimum Gasteiger partial charge on any atom is -0.504 e. The molecule has 20 heavy (non-hydrogen) atoms. The van der Waals surface area contributed by atoms with Crippen molar-refractivity contribution in [2.45, 2.75) is 44.3 Å². The molecule has 1 fully saturated rings. The van der Waals surface area contributed by atoms with Gasteiger partial charge in [-0.25, -0.2) is 0 Å². The molecule has 4 nitrogen and oxygen atoms in total. The Morgan fingerprint density at radius 3 is 2.60 bits per heavy atom. The van der Waals surface area contributed by atoms with E-state index >= 15 is 0 Å². The topological polar surface area (TPSA) is 44.7 Å². The minimum absolute atomic E-state index is 0.269. The third-order valence-corrected chi connectivity index (χ3v) is 4.45. The molecular weight excluding hydrogens is 252 g/mol. The highest BCUT2D eigenvalue weighted by molar-refractivity contribution is 5.45. The molecule has 0 heterocycles. The summed E-state index contributed by atoms with van der Waals surface area (Å²) in [5, 5.41) is 13.5. The summed E-state index contributed by atoms with van der Waals surface area (Å²) in [6.45, 7) is 0.762. The minimum atomic E-state index is 0.269. The number of benzene rings is 1. The van der Waals surface area contributed by atoms with Gasteiger partial charge in [0.15, 0.2) is 11.5 Å². The van der Waals surface area contributed by atoms with Gasteiger partial charge in [-0.1, -0.05) is 12.1 Å². The van der Waals surface area contributed by atoms with Crippen molar-refractivity contribution in [2.24, 2.45) is 0 Å². The zero-order valence-electron chi connectivity index (χ0n) is 12.7. The fourth-order valence-corrected chi connectivity index (χ4v) is 3.06. The van der Waals surface area contributed by atoms with Crippen LogP contribution in [0.5, 0.6) is 11.5 Å². The Balaban J connectivity index is 1.96. The summed E-state index contributed by atoms with van der Waals surface area (Å²) in [7, 11) is 5.77. The summed E-state index contributed by atoms with van der Waals surface area (Å²) in [4.78, 5) is 2.35. The van der Waals surface area contributed by atoms with Crippen molar-refractivity contribution >= 4 is 0 Å². The third kappa shape index (κ3) is 3.44. The van der Waals surface area contributed by atoms with Crippen molar-refractivity contribution in [3.05, 3.63) is 23.8 Å². The van der Waals surface area contributed by atoms with Gasteiger partial charge in [0.1, 0.15) is 0 Å². The fourth-order valence-electron chi connectivity index (χ4n) is 3.06. The summed E-state index contributed by atoms with van der Waals surface area (Å²) in [6.07, 6.45) is 4.89. The van der Waals surface area contributed by atoms with Crippen LogP contribution in [0.15, 0.2) is 18.2 Å². The van der Waals surface area contributed by atoms with Crippen LogP contribution in [0.25, 0.3) is 0 Å². The van der Waals surface area contributed by atoms with E-state index in [2.05, 4.69) is 17.3 Å². The van der Waals surface area contributed by atoms with E-state index in [-0.39, 0.29) is 5.75 Å². The quantitative estimate of drug-likeness (QED) is 0.868. The summed E-state index contributed by atoms with van der Waals surface area (Å²) < 4.78 is 5.16. The lowest BCUT2D eigenvalue weighted by Crippen LogP contribution is -2.39. The van der Waals surface area contributed by atoms with Gasteiger partial charge in [0.2, 0.25) is 0 Å². The van der Waals surface area contributed by atoms with Crippen molar-refractivity contribution in [2.75, 3.05) is 21.2 Å². The highest BCUT2D eigenvalue weighted by Gasteiger charge is 2.23. The number of para-hydroxylation sites is 1. The van der Waals surface area contributed by atoms with Crippen molar-refractivity contribution in [1.82, 2.24) is 10.2 Å². The molecule has 0 unspecified atom stereocenters. The summed E-state index contributed by atoms with van der Waals surface area (Å²) in [5.41, 5.74) is 0.933. The molecule has 0 radical (unpaired) electrons. The Bertz CT molecular complexity index is 428. The van der Waals surface area contributed by atoms with Crippen LogP contribution in [0.1, 0.15) is 31.2 Å². The first-order valence-corrected chi connectivity index (χ1v) is 7.38. The monoisotopic (exact) mass is 278 g/mol. The number of methoxy groups -OCH3 is 1. The van der Waals surface area contributed by atoms with Gasteiger partial charge in [0.25, 0.3) is 0 Å². The number of aromatic hydroxyl groups is 1. The van der Waals surface area contributed by atoms with Gasteiger partial charge in [-0.15, -0.1) is 0 Å². The average Bonchev–Trinajstić information content (AvgIpc) is 2.49. The molecule has 1 aromatic rings. The second-order valence-corrected chi connectivity index (χ2v) is 5.68. The summed E-state index contributed by atoms with van der Waals surface area (Å²) in [5.74, 6) is 0.820. The van der Waals surface area contributed by atoms with Gasteiger partial charge >= 0.3 is 0 Å². The van der Waals surface area contributed by atoms with Crippen molar-refractivity contribution in [3.8, 4) is 11.5 Å². The first-order valence-electron chi connectivity index (χ1n) is 7.38. The molecule has 0 aromatic heterocycles.